The zero-order valence-electron chi connectivity index (χ0n) is 19.5. The molecular formula is C25H30N2O6. The molecule has 0 aliphatic heterocycles. The average Bonchev–Trinajstić information content (AvgIpc) is 3.44. The molecule has 0 aliphatic rings. The topological polar surface area (TPSA) is 94.2 Å². The minimum atomic E-state index is -0.195. The smallest absolute Gasteiger partial charge is 0.257 e. The number of hydrogen-bond donors (Lipinski definition) is 1. The standard InChI is InChI=1S/C25H30N2O6/c1-17-14-21(18(2)33-17)25(29)27(16-20-6-5-13-32-20)12-10-24(28)26-11-9-19-7-8-22(30-3)23(15-19)31-4/h5-8,13-15H,9-12,16H2,1-4H3,(H,26,28). The Bertz CT molecular complexity index is 1070. The van der Waals surface area contributed by atoms with Crippen LogP contribution in [0.4, 0.5) is 0 Å². The molecule has 0 atom stereocenters. The fraction of sp³-hybridized carbons (Fsp3) is 0.360. The lowest BCUT2D eigenvalue weighted by molar-refractivity contribution is -0.121. The van der Waals surface area contributed by atoms with E-state index in [2.05, 4.69) is 5.32 Å². The van der Waals surface area contributed by atoms with Gasteiger partial charge in [0.15, 0.2) is 11.5 Å². The molecule has 0 saturated heterocycles. The molecule has 0 bridgehead atoms. The highest BCUT2D eigenvalue weighted by Gasteiger charge is 2.22. The van der Waals surface area contributed by atoms with Gasteiger partial charge in [-0.1, -0.05) is 6.07 Å². The van der Waals surface area contributed by atoms with Gasteiger partial charge in [-0.25, -0.2) is 0 Å². The van der Waals surface area contributed by atoms with Gasteiger partial charge < -0.3 is 28.5 Å². The van der Waals surface area contributed by atoms with Gasteiger partial charge in [-0.05, 0) is 56.2 Å². The number of carbonyl (C=O) groups is 2. The van der Waals surface area contributed by atoms with Crippen molar-refractivity contribution in [2.75, 3.05) is 27.3 Å². The molecule has 0 spiro atoms. The van der Waals surface area contributed by atoms with E-state index in [9.17, 15) is 9.59 Å². The third-order valence-corrected chi connectivity index (χ3v) is 5.28. The summed E-state index contributed by atoms with van der Waals surface area (Å²) >= 11 is 0. The minimum absolute atomic E-state index is 0.132. The van der Waals surface area contributed by atoms with Crippen LogP contribution in [0.5, 0.6) is 11.5 Å². The van der Waals surface area contributed by atoms with E-state index >= 15 is 0 Å². The number of ether oxygens (including phenoxy) is 2. The van der Waals surface area contributed by atoms with E-state index in [0.717, 1.165) is 5.56 Å². The number of furan rings is 2. The summed E-state index contributed by atoms with van der Waals surface area (Å²) in [6, 6.07) is 11.0. The van der Waals surface area contributed by atoms with Gasteiger partial charge in [0.05, 0.1) is 32.6 Å². The minimum Gasteiger partial charge on any atom is -0.493 e. The fourth-order valence-corrected chi connectivity index (χ4v) is 3.56. The predicted molar refractivity (Wildman–Crippen MR) is 123 cm³/mol. The van der Waals surface area contributed by atoms with Crippen molar-refractivity contribution in [2.24, 2.45) is 0 Å². The molecule has 0 aliphatic carbocycles. The number of hydrogen-bond acceptors (Lipinski definition) is 6. The molecule has 1 aromatic carbocycles. The Hall–Kier alpha value is -3.68. The highest BCUT2D eigenvalue weighted by atomic mass is 16.5. The van der Waals surface area contributed by atoms with Crippen LogP contribution in [-0.2, 0) is 17.8 Å². The third-order valence-electron chi connectivity index (χ3n) is 5.28. The Labute approximate surface area is 193 Å². The molecule has 2 heterocycles. The van der Waals surface area contributed by atoms with E-state index in [0.29, 0.717) is 47.3 Å². The number of nitrogens with zero attached hydrogens (tertiary/aromatic N) is 1. The quantitative estimate of drug-likeness (QED) is 0.472. The molecule has 8 heteroatoms. The van der Waals surface area contributed by atoms with Crippen LogP contribution in [-0.4, -0.2) is 44.0 Å². The van der Waals surface area contributed by atoms with Crippen LogP contribution >= 0.6 is 0 Å². The van der Waals surface area contributed by atoms with Gasteiger partial charge in [-0.2, -0.15) is 0 Å². The number of aryl methyl sites for hydroxylation is 2. The van der Waals surface area contributed by atoms with Gasteiger partial charge in [-0.3, -0.25) is 9.59 Å². The summed E-state index contributed by atoms with van der Waals surface area (Å²) in [5.74, 6) is 2.86. The van der Waals surface area contributed by atoms with E-state index in [-0.39, 0.29) is 31.3 Å². The van der Waals surface area contributed by atoms with Crippen molar-refractivity contribution in [3.63, 3.8) is 0 Å². The molecule has 0 unspecified atom stereocenters. The van der Waals surface area contributed by atoms with Gasteiger partial charge in [-0.15, -0.1) is 0 Å². The average molecular weight is 455 g/mol. The van der Waals surface area contributed by atoms with Crippen molar-refractivity contribution in [3.05, 3.63) is 71.1 Å². The lowest BCUT2D eigenvalue weighted by Gasteiger charge is -2.21. The molecule has 176 valence electrons. The second kappa shape index (κ2) is 11.3. The summed E-state index contributed by atoms with van der Waals surface area (Å²) in [5.41, 5.74) is 1.52. The summed E-state index contributed by atoms with van der Waals surface area (Å²) in [5, 5.41) is 2.91. The van der Waals surface area contributed by atoms with E-state index < -0.39 is 0 Å². The van der Waals surface area contributed by atoms with Crippen LogP contribution in [0.15, 0.2) is 51.5 Å². The number of nitrogens with one attached hydrogen (secondary N) is 1. The van der Waals surface area contributed by atoms with Gasteiger partial charge in [0, 0.05) is 19.5 Å². The number of amides is 2. The first kappa shape index (κ1) is 24.0. The second-order valence-corrected chi connectivity index (χ2v) is 7.67. The zero-order valence-corrected chi connectivity index (χ0v) is 19.5. The SMILES string of the molecule is COc1ccc(CCNC(=O)CCN(Cc2ccco2)C(=O)c2cc(C)oc2C)cc1OC. The largest absolute Gasteiger partial charge is 0.493 e. The Kier molecular flexibility index (Phi) is 8.18. The van der Waals surface area contributed by atoms with Crippen LogP contribution in [0.3, 0.4) is 0 Å². The monoisotopic (exact) mass is 454 g/mol. The van der Waals surface area contributed by atoms with E-state index in [1.807, 2.05) is 18.2 Å². The lowest BCUT2D eigenvalue weighted by Crippen LogP contribution is -2.35. The maximum absolute atomic E-state index is 13.1. The van der Waals surface area contributed by atoms with Crippen LogP contribution in [0.2, 0.25) is 0 Å². The first-order valence-corrected chi connectivity index (χ1v) is 10.8. The van der Waals surface area contributed by atoms with Crippen molar-refractivity contribution in [2.45, 2.75) is 33.2 Å². The fourth-order valence-electron chi connectivity index (χ4n) is 3.56. The molecule has 2 aromatic heterocycles. The number of carbonyl (C=O) groups excluding carboxylic acids is 2. The van der Waals surface area contributed by atoms with Crippen LogP contribution in [0.25, 0.3) is 0 Å². The molecule has 0 saturated carbocycles. The number of benzene rings is 1. The summed E-state index contributed by atoms with van der Waals surface area (Å²) in [6.07, 6.45) is 2.38. The molecule has 0 fully saturated rings. The van der Waals surface area contributed by atoms with Crippen molar-refractivity contribution in [1.82, 2.24) is 10.2 Å². The van der Waals surface area contributed by atoms with E-state index in [4.69, 9.17) is 18.3 Å². The molecular weight excluding hydrogens is 424 g/mol. The van der Waals surface area contributed by atoms with Crippen molar-refractivity contribution >= 4 is 11.8 Å². The van der Waals surface area contributed by atoms with Crippen molar-refractivity contribution in [3.8, 4) is 11.5 Å². The molecule has 3 aromatic rings. The molecule has 8 nitrogen and oxygen atoms in total. The first-order valence-electron chi connectivity index (χ1n) is 10.8. The molecule has 2 amide bonds. The Balaban J connectivity index is 1.55. The Morgan fingerprint density at radius 3 is 2.48 bits per heavy atom. The normalized spacial score (nSPS) is 10.7. The molecule has 0 radical (unpaired) electrons. The molecule has 33 heavy (non-hydrogen) atoms. The van der Waals surface area contributed by atoms with Crippen molar-refractivity contribution in [1.29, 1.82) is 0 Å². The third kappa shape index (κ3) is 6.41. The van der Waals surface area contributed by atoms with Gasteiger partial charge in [0.1, 0.15) is 17.3 Å². The van der Waals surface area contributed by atoms with Gasteiger partial charge >= 0.3 is 0 Å². The Morgan fingerprint density at radius 1 is 1.06 bits per heavy atom. The zero-order chi connectivity index (χ0) is 23.8. The molecule has 1 N–H and O–H groups in total. The Morgan fingerprint density at radius 2 is 1.85 bits per heavy atom. The van der Waals surface area contributed by atoms with E-state index in [1.54, 1.807) is 57.4 Å². The number of methoxy groups -OCH3 is 2. The summed E-state index contributed by atoms with van der Waals surface area (Å²) in [4.78, 5) is 27.2. The summed E-state index contributed by atoms with van der Waals surface area (Å²) in [6.45, 7) is 4.55. The first-order chi connectivity index (χ1) is 15.9. The highest BCUT2D eigenvalue weighted by Crippen LogP contribution is 2.27. The van der Waals surface area contributed by atoms with Crippen molar-refractivity contribution < 1.29 is 27.9 Å². The van der Waals surface area contributed by atoms with Crippen LogP contribution in [0.1, 0.15) is 39.6 Å². The molecule has 3 rings (SSSR count). The van der Waals surface area contributed by atoms with Gasteiger partial charge in [0.2, 0.25) is 5.91 Å². The van der Waals surface area contributed by atoms with Crippen LogP contribution < -0.4 is 14.8 Å². The lowest BCUT2D eigenvalue weighted by atomic mass is 10.1. The van der Waals surface area contributed by atoms with E-state index in [1.165, 1.54) is 0 Å². The number of rotatable bonds is 11. The predicted octanol–water partition coefficient (Wildman–Crippen LogP) is 3.90. The maximum atomic E-state index is 13.1. The van der Waals surface area contributed by atoms with Gasteiger partial charge in [0.25, 0.3) is 5.91 Å². The van der Waals surface area contributed by atoms with Crippen LogP contribution in [0, 0.1) is 13.8 Å². The second-order valence-electron chi connectivity index (χ2n) is 7.67. The maximum Gasteiger partial charge on any atom is 0.257 e. The highest BCUT2D eigenvalue weighted by molar-refractivity contribution is 5.95. The summed E-state index contributed by atoms with van der Waals surface area (Å²) in [7, 11) is 3.18. The summed E-state index contributed by atoms with van der Waals surface area (Å²) < 4.78 is 21.5.